The van der Waals surface area contributed by atoms with Gasteiger partial charge in [-0.1, -0.05) is 102 Å². The molecule has 5 heterocycles. The Morgan fingerprint density at radius 2 is 0.645 bits per heavy atom. The van der Waals surface area contributed by atoms with Crippen LogP contribution >= 0.6 is 0 Å². The molecule has 5 heteroatoms. The second-order valence-electron chi connectivity index (χ2n) is 21.1. The van der Waals surface area contributed by atoms with Crippen molar-refractivity contribution in [2.24, 2.45) is 0 Å². The van der Waals surface area contributed by atoms with Crippen molar-refractivity contribution >= 4 is 87.5 Å². The smallest absolute Gasteiger partial charge is 0.135 e. The van der Waals surface area contributed by atoms with Gasteiger partial charge in [0.1, 0.15) is 22.3 Å². The number of para-hydroxylation sites is 2. The first-order valence-corrected chi connectivity index (χ1v) is 26.2. The van der Waals surface area contributed by atoms with Crippen LogP contribution in [0.2, 0.25) is 0 Å². The molecule has 15 aromatic rings. The maximum Gasteiger partial charge on any atom is 0.135 e. The Morgan fingerprint density at radius 3 is 1.05 bits per heavy atom. The van der Waals surface area contributed by atoms with Crippen molar-refractivity contribution in [3.8, 4) is 56.1 Å². The lowest BCUT2D eigenvalue weighted by atomic mass is 9.93. The number of aryl methyl sites for hydroxylation is 6. The average molecular weight is 978 g/mol. The minimum absolute atomic E-state index is 0.884. The predicted molar refractivity (Wildman–Crippen MR) is 318 cm³/mol. The standard InChI is InChI=1S/C71H51N3O2/c1-40-30-42(3)70(43(4)31-40)48-20-26-64-56(36-48)54-34-46(18-24-62(54)73(64)50-22-28-68-58(38-50)52-12-7-9-16-66(52)75-68)60-14-11-15-61(72-60)47-19-25-63-55(35-47)57-37-49(71-44(5)32-41(2)33-45(71)6)21-27-65(57)74(63)51-23-29-69-59(39-51)53-13-8-10-17-67(53)76-69/h7-39H,1-6H3. The van der Waals surface area contributed by atoms with Gasteiger partial charge in [-0.05, 0) is 195 Å². The van der Waals surface area contributed by atoms with Crippen LogP contribution in [0.1, 0.15) is 33.4 Å². The fourth-order valence-corrected chi connectivity index (χ4v) is 13.0. The maximum atomic E-state index is 6.29. The van der Waals surface area contributed by atoms with Gasteiger partial charge in [0.05, 0.1) is 33.5 Å². The number of hydrogen-bond donors (Lipinski definition) is 0. The molecule has 0 aliphatic rings. The van der Waals surface area contributed by atoms with E-state index in [0.29, 0.717) is 0 Å². The summed E-state index contributed by atoms with van der Waals surface area (Å²) in [6.07, 6.45) is 0. The van der Waals surface area contributed by atoms with Crippen LogP contribution in [-0.2, 0) is 0 Å². The molecule has 0 fully saturated rings. The molecule has 5 nitrogen and oxygen atoms in total. The Morgan fingerprint density at radius 1 is 0.289 bits per heavy atom. The molecule has 0 bridgehead atoms. The minimum Gasteiger partial charge on any atom is -0.456 e. The van der Waals surface area contributed by atoms with E-state index >= 15 is 0 Å². The van der Waals surface area contributed by atoms with Gasteiger partial charge in [-0.15, -0.1) is 0 Å². The highest BCUT2D eigenvalue weighted by atomic mass is 16.3. The highest BCUT2D eigenvalue weighted by molar-refractivity contribution is 6.14. The van der Waals surface area contributed by atoms with Gasteiger partial charge in [0, 0.05) is 65.6 Å². The molecular weight excluding hydrogens is 927 g/mol. The van der Waals surface area contributed by atoms with Crippen LogP contribution in [0.5, 0.6) is 0 Å². The molecule has 0 aliphatic carbocycles. The molecule has 5 aromatic heterocycles. The van der Waals surface area contributed by atoms with E-state index in [9.17, 15) is 0 Å². The third-order valence-electron chi connectivity index (χ3n) is 16.0. The topological polar surface area (TPSA) is 49.0 Å². The molecule has 0 N–H and O–H groups in total. The molecule has 0 atom stereocenters. The molecule has 0 saturated carbocycles. The van der Waals surface area contributed by atoms with Crippen LogP contribution in [0.15, 0.2) is 209 Å². The second-order valence-corrected chi connectivity index (χ2v) is 21.1. The van der Waals surface area contributed by atoms with Gasteiger partial charge < -0.3 is 18.0 Å². The molecule has 15 rings (SSSR count). The van der Waals surface area contributed by atoms with E-state index in [2.05, 4.69) is 227 Å². The minimum atomic E-state index is 0.884. The van der Waals surface area contributed by atoms with Crippen molar-refractivity contribution in [1.29, 1.82) is 0 Å². The van der Waals surface area contributed by atoms with Crippen molar-refractivity contribution in [2.45, 2.75) is 41.5 Å². The third kappa shape index (κ3) is 6.75. The van der Waals surface area contributed by atoms with Gasteiger partial charge in [0.25, 0.3) is 0 Å². The van der Waals surface area contributed by atoms with Crippen molar-refractivity contribution < 1.29 is 8.83 Å². The van der Waals surface area contributed by atoms with E-state index in [1.165, 1.54) is 77.2 Å². The predicted octanol–water partition coefficient (Wildman–Crippen LogP) is 19.6. The first-order valence-electron chi connectivity index (χ1n) is 26.2. The average Bonchev–Trinajstić information content (AvgIpc) is 4.19. The molecule has 10 aromatic carbocycles. The summed E-state index contributed by atoms with van der Waals surface area (Å²) in [6, 6.07) is 73.0. The zero-order valence-corrected chi connectivity index (χ0v) is 43.2. The van der Waals surface area contributed by atoms with Crippen molar-refractivity contribution in [3.63, 3.8) is 0 Å². The number of hydrogen-bond acceptors (Lipinski definition) is 3. The number of aromatic nitrogens is 3. The molecule has 0 aliphatic heterocycles. The summed E-state index contributed by atoms with van der Waals surface area (Å²) in [5.74, 6) is 0. The summed E-state index contributed by atoms with van der Waals surface area (Å²) < 4.78 is 17.4. The Kier molecular flexibility index (Phi) is 9.58. The van der Waals surface area contributed by atoms with E-state index < -0.39 is 0 Å². The SMILES string of the molecule is Cc1cc(C)c(-c2ccc3c(c2)c2cc(-c4cccc(-c5ccc6c(c5)c5cc(-c7c(C)cc(C)cc7C)ccc5n6-c5ccc6oc7ccccc7c6c5)n4)ccc2n3-c2ccc3oc4ccccc4c3c2)c(C)c1. The zero-order valence-electron chi connectivity index (χ0n) is 43.2. The summed E-state index contributed by atoms with van der Waals surface area (Å²) in [5.41, 5.74) is 26.9. The fraction of sp³-hybridized carbons (Fsp3) is 0.0845. The van der Waals surface area contributed by atoms with E-state index in [-0.39, 0.29) is 0 Å². The Bertz CT molecular complexity index is 4600. The van der Waals surface area contributed by atoms with E-state index in [1.807, 2.05) is 24.3 Å². The van der Waals surface area contributed by atoms with E-state index in [1.54, 1.807) is 0 Å². The van der Waals surface area contributed by atoms with Crippen LogP contribution in [0.4, 0.5) is 0 Å². The number of nitrogens with zero attached hydrogens (tertiary/aromatic N) is 3. The summed E-state index contributed by atoms with van der Waals surface area (Å²) in [4.78, 5) is 5.49. The molecule has 76 heavy (non-hydrogen) atoms. The normalized spacial score (nSPS) is 12.1. The number of rotatable bonds is 6. The van der Waals surface area contributed by atoms with Crippen LogP contribution in [0, 0.1) is 41.5 Å². The number of furan rings is 2. The Labute approximate surface area is 439 Å². The van der Waals surface area contributed by atoms with E-state index in [0.717, 1.165) is 99.8 Å². The molecule has 0 saturated heterocycles. The van der Waals surface area contributed by atoms with Crippen molar-refractivity contribution in [2.75, 3.05) is 0 Å². The molecule has 362 valence electrons. The molecule has 0 unspecified atom stereocenters. The van der Waals surface area contributed by atoms with Gasteiger partial charge in [0.15, 0.2) is 0 Å². The van der Waals surface area contributed by atoms with Crippen LogP contribution in [0.3, 0.4) is 0 Å². The summed E-state index contributed by atoms with van der Waals surface area (Å²) in [5, 5.41) is 9.17. The molecule has 0 radical (unpaired) electrons. The summed E-state index contributed by atoms with van der Waals surface area (Å²) in [7, 11) is 0. The van der Waals surface area contributed by atoms with Crippen LogP contribution < -0.4 is 0 Å². The largest absolute Gasteiger partial charge is 0.456 e. The number of pyridine rings is 1. The lowest BCUT2D eigenvalue weighted by molar-refractivity contribution is 0.668. The van der Waals surface area contributed by atoms with Crippen molar-refractivity contribution in [3.05, 3.63) is 234 Å². The van der Waals surface area contributed by atoms with Crippen LogP contribution in [-0.4, -0.2) is 14.1 Å². The van der Waals surface area contributed by atoms with Gasteiger partial charge in [-0.3, -0.25) is 0 Å². The molecule has 0 spiro atoms. The van der Waals surface area contributed by atoms with Crippen LogP contribution in [0.25, 0.3) is 144 Å². The highest BCUT2D eigenvalue weighted by Crippen LogP contribution is 2.43. The maximum absolute atomic E-state index is 6.29. The van der Waals surface area contributed by atoms with Gasteiger partial charge >= 0.3 is 0 Å². The van der Waals surface area contributed by atoms with Gasteiger partial charge in [-0.2, -0.15) is 0 Å². The first kappa shape index (κ1) is 44.1. The quantitative estimate of drug-likeness (QED) is 0.167. The Hall–Kier alpha value is -9.45. The highest BCUT2D eigenvalue weighted by Gasteiger charge is 2.21. The monoisotopic (exact) mass is 977 g/mol. The van der Waals surface area contributed by atoms with Gasteiger partial charge in [0.2, 0.25) is 0 Å². The van der Waals surface area contributed by atoms with Crippen molar-refractivity contribution in [1.82, 2.24) is 14.1 Å². The first-order chi connectivity index (χ1) is 37.1. The summed E-state index contributed by atoms with van der Waals surface area (Å²) in [6.45, 7) is 13.3. The number of fused-ring (bicyclic) bond motifs is 12. The van der Waals surface area contributed by atoms with Gasteiger partial charge in [-0.25, -0.2) is 4.98 Å². The Balaban J connectivity index is 0.897. The fourth-order valence-electron chi connectivity index (χ4n) is 13.0. The molecular formula is C71H51N3O2. The lowest BCUT2D eigenvalue weighted by Crippen LogP contribution is -1.94. The summed E-state index contributed by atoms with van der Waals surface area (Å²) >= 11 is 0. The second kappa shape index (κ2) is 16.5. The zero-order chi connectivity index (χ0) is 51.1. The van der Waals surface area contributed by atoms with E-state index in [4.69, 9.17) is 13.8 Å². The third-order valence-corrected chi connectivity index (χ3v) is 16.0. The lowest BCUT2D eigenvalue weighted by Gasteiger charge is -2.13. The number of benzene rings is 10. The molecule has 0 amide bonds.